The Morgan fingerprint density at radius 2 is 1.64 bits per heavy atom. The predicted molar refractivity (Wildman–Crippen MR) is 112 cm³/mol. The van der Waals surface area contributed by atoms with Crippen molar-refractivity contribution in [2.75, 3.05) is 0 Å². The van der Waals surface area contributed by atoms with Crippen molar-refractivity contribution >= 4 is 22.7 Å². The van der Waals surface area contributed by atoms with E-state index in [2.05, 4.69) is 9.98 Å². The first-order chi connectivity index (χ1) is 13.6. The smallest absolute Gasteiger partial charge is 0.267 e. The normalized spacial score (nSPS) is 11.4. The van der Waals surface area contributed by atoms with E-state index in [0.717, 1.165) is 16.9 Å². The van der Waals surface area contributed by atoms with E-state index in [9.17, 15) is 9.90 Å². The summed E-state index contributed by atoms with van der Waals surface area (Å²) in [5, 5.41) is 12.1. The SMILES string of the molecule is Cc1cccc(-n2c(O)c(C=Nc3ccccc3C)c3ccccc3c2=O)n1. The van der Waals surface area contributed by atoms with Crippen molar-refractivity contribution in [3.63, 3.8) is 0 Å². The summed E-state index contributed by atoms with van der Waals surface area (Å²) in [4.78, 5) is 22.0. The van der Waals surface area contributed by atoms with E-state index < -0.39 is 0 Å². The summed E-state index contributed by atoms with van der Waals surface area (Å²) < 4.78 is 1.23. The Hall–Kier alpha value is -3.73. The average molecular weight is 369 g/mol. The van der Waals surface area contributed by atoms with Crippen molar-refractivity contribution in [2.45, 2.75) is 13.8 Å². The van der Waals surface area contributed by atoms with Crippen LogP contribution in [-0.4, -0.2) is 20.9 Å². The van der Waals surface area contributed by atoms with E-state index in [1.54, 1.807) is 30.5 Å². The van der Waals surface area contributed by atoms with Crippen molar-refractivity contribution in [3.8, 4) is 11.7 Å². The van der Waals surface area contributed by atoms with Crippen LogP contribution in [0.15, 0.2) is 76.5 Å². The summed E-state index contributed by atoms with van der Waals surface area (Å²) >= 11 is 0. The molecule has 4 aromatic rings. The first-order valence-corrected chi connectivity index (χ1v) is 8.96. The van der Waals surface area contributed by atoms with Gasteiger partial charge in [-0.1, -0.05) is 42.5 Å². The highest BCUT2D eigenvalue weighted by atomic mass is 16.3. The Balaban J connectivity index is 2.01. The first-order valence-electron chi connectivity index (χ1n) is 8.96. The molecule has 0 saturated heterocycles. The van der Waals surface area contributed by atoms with Crippen LogP contribution < -0.4 is 5.56 Å². The van der Waals surface area contributed by atoms with Gasteiger partial charge in [-0.15, -0.1) is 0 Å². The molecule has 0 radical (unpaired) electrons. The number of aliphatic imine (C=N–C) groups is 1. The third kappa shape index (κ3) is 3.07. The number of aromatic nitrogens is 2. The lowest BCUT2D eigenvalue weighted by Crippen LogP contribution is -2.21. The number of fused-ring (bicyclic) bond motifs is 1. The van der Waals surface area contributed by atoms with Crippen LogP contribution in [0.4, 0.5) is 5.69 Å². The lowest BCUT2D eigenvalue weighted by molar-refractivity contribution is 0.435. The second-order valence-electron chi connectivity index (χ2n) is 6.61. The standard InChI is InChI=1S/C23H19N3O2/c1-15-8-3-6-12-20(15)24-14-19-17-10-4-5-11-18(17)22(27)26(23(19)28)21-13-7-9-16(2)25-21/h3-14,28H,1-2H3. The zero-order chi connectivity index (χ0) is 19.7. The van der Waals surface area contributed by atoms with Gasteiger partial charge in [-0.3, -0.25) is 9.79 Å². The van der Waals surface area contributed by atoms with Crippen LogP contribution in [0.5, 0.6) is 5.88 Å². The number of hydrogen-bond acceptors (Lipinski definition) is 4. The van der Waals surface area contributed by atoms with Gasteiger partial charge in [0.15, 0.2) is 0 Å². The van der Waals surface area contributed by atoms with Crippen molar-refractivity contribution in [1.82, 2.24) is 9.55 Å². The van der Waals surface area contributed by atoms with E-state index in [1.807, 2.05) is 56.3 Å². The molecule has 1 N–H and O–H groups in total. The molecule has 0 fully saturated rings. The zero-order valence-electron chi connectivity index (χ0n) is 15.6. The lowest BCUT2D eigenvalue weighted by Gasteiger charge is -2.13. The molecular weight excluding hydrogens is 350 g/mol. The van der Waals surface area contributed by atoms with E-state index >= 15 is 0 Å². The molecule has 5 nitrogen and oxygen atoms in total. The Bertz CT molecular complexity index is 1270. The maximum absolute atomic E-state index is 13.1. The molecule has 138 valence electrons. The number of benzene rings is 2. The Morgan fingerprint density at radius 3 is 2.39 bits per heavy atom. The monoisotopic (exact) mass is 369 g/mol. The molecule has 2 heterocycles. The van der Waals surface area contributed by atoms with Crippen LogP contribution >= 0.6 is 0 Å². The fourth-order valence-corrected chi connectivity index (χ4v) is 3.20. The Labute approximate surface area is 162 Å². The van der Waals surface area contributed by atoms with Gasteiger partial charge in [0.2, 0.25) is 5.88 Å². The van der Waals surface area contributed by atoms with E-state index in [-0.39, 0.29) is 11.4 Å². The van der Waals surface area contributed by atoms with Gasteiger partial charge in [-0.05, 0) is 43.7 Å². The fourth-order valence-electron chi connectivity index (χ4n) is 3.20. The van der Waals surface area contributed by atoms with E-state index in [4.69, 9.17) is 0 Å². The van der Waals surface area contributed by atoms with Gasteiger partial charge in [-0.25, -0.2) is 9.55 Å². The third-order valence-corrected chi connectivity index (χ3v) is 4.65. The highest BCUT2D eigenvalue weighted by Gasteiger charge is 2.17. The van der Waals surface area contributed by atoms with Crippen molar-refractivity contribution < 1.29 is 5.11 Å². The molecule has 0 spiro atoms. The van der Waals surface area contributed by atoms with E-state index in [1.165, 1.54) is 4.57 Å². The van der Waals surface area contributed by atoms with Gasteiger partial charge in [0.05, 0.1) is 11.3 Å². The molecule has 0 amide bonds. The molecule has 0 aliphatic heterocycles. The highest BCUT2D eigenvalue weighted by Crippen LogP contribution is 2.26. The van der Waals surface area contributed by atoms with Crippen LogP contribution in [0.3, 0.4) is 0 Å². The van der Waals surface area contributed by atoms with E-state index in [0.29, 0.717) is 22.2 Å². The second kappa shape index (κ2) is 7.12. The van der Waals surface area contributed by atoms with Crippen molar-refractivity contribution in [3.05, 3.63) is 93.9 Å². The average Bonchev–Trinajstić information content (AvgIpc) is 2.69. The van der Waals surface area contributed by atoms with Crippen LogP contribution in [0.2, 0.25) is 0 Å². The van der Waals surface area contributed by atoms with Crippen LogP contribution in [0.25, 0.3) is 16.6 Å². The summed E-state index contributed by atoms with van der Waals surface area (Å²) in [6, 6.07) is 20.3. The summed E-state index contributed by atoms with van der Waals surface area (Å²) in [7, 11) is 0. The molecule has 2 aromatic heterocycles. The van der Waals surface area contributed by atoms with Gasteiger partial charge in [-0.2, -0.15) is 0 Å². The van der Waals surface area contributed by atoms with Gasteiger partial charge < -0.3 is 5.11 Å². The number of aryl methyl sites for hydroxylation is 2. The fraction of sp³-hybridized carbons (Fsp3) is 0.0870. The summed E-state index contributed by atoms with van der Waals surface area (Å²) in [5.41, 5.74) is 2.74. The molecule has 0 bridgehead atoms. The molecular formula is C23H19N3O2. The largest absolute Gasteiger partial charge is 0.494 e. The molecule has 4 rings (SSSR count). The van der Waals surface area contributed by atoms with Gasteiger partial charge >= 0.3 is 0 Å². The molecule has 5 heteroatoms. The number of pyridine rings is 2. The second-order valence-corrected chi connectivity index (χ2v) is 6.61. The molecule has 0 unspecified atom stereocenters. The Morgan fingerprint density at radius 1 is 0.929 bits per heavy atom. The highest BCUT2D eigenvalue weighted by molar-refractivity contribution is 6.02. The number of rotatable bonds is 3. The van der Waals surface area contributed by atoms with Crippen molar-refractivity contribution in [2.24, 2.45) is 4.99 Å². The van der Waals surface area contributed by atoms with Gasteiger partial charge in [0.25, 0.3) is 5.56 Å². The minimum absolute atomic E-state index is 0.181. The number of para-hydroxylation sites is 1. The number of aromatic hydroxyl groups is 1. The molecule has 2 aromatic carbocycles. The van der Waals surface area contributed by atoms with Crippen LogP contribution in [-0.2, 0) is 0 Å². The number of hydrogen-bond donors (Lipinski definition) is 1. The quantitative estimate of drug-likeness (QED) is 0.542. The van der Waals surface area contributed by atoms with Gasteiger partial charge in [0.1, 0.15) is 5.82 Å². The van der Waals surface area contributed by atoms with Crippen molar-refractivity contribution in [1.29, 1.82) is 0 Å². The Kier molecular flexibility index (Phi) is 4.49. The topological polar surface area (TPSA) is 67.5 Å². The minimum atomic E-state index is -0.320. The predicted octanol–water partition coefficient (Wildman–Crippen LogP) is 4.46. The maximum Gasteiger partial charge on any atom is 0.267 e. The molecule has 0 saturated carbocycles. The molecule has 0 aliphatic rings. The van der Waals surface area contributed by atoms with Gasteiger partial charge in [0, 0.05) is 22.7 Å². The summed E-state index contributed by atoms with van der Waals surface area (Å²) in [6.07, 6.45) is 1.60. The maximum atomic E-state index is 13.1. The zero-order valence-corrected chi connectivity index (χ0v) is 15.6. The van der Waals surface area contributed by atoms with Crippen LogP contribution in [0, 0.1) is 13.8 Å². The molecule has 0 aliphatic carbocycles. The minimum Gasteiger partial charge on any atom is -0.494 e. The lowest BCUT2D eigenvalue weighted by atomic mass is 10.1. The first kappa shape index (κ1) is 17.7. The summed E-state index contributed by atoms with van der Waals surface area (Å²) in [6.45, 7) is 3.81. The molecule has 0 atom stereocenters. The third-order valence-electron chi connectivity index (χ3n) is 4.65. The molecule has 28 heavy (non-hydrogen) atoms. The summed E-state index contributed by atoms with van der Waals surface area (Å²) in [5.74, 6) is 0.193. The number of nitrogens with zero attached hydrogens (tertiary/aromatic N) is 3. The van der Waals surface area contributed by atoms with Crippen LogP contribution in [0.1, 0.15) is 16.8 Å².